The topological polar surface area (TPSA) is 74.6 Å². The van der Waals surface area contributed by atoms with Crippen LogP contribution in [0, 0.1) is 6.92 Å². The standard InChI is InChI=1S/C13H10O4/c1-7-5-6-8-3-2-4-9(12(14)15)11(8)10(7)13(16)17/h2-6H,1H3,(H,14,15)(H,16,17). The molecule has 0 saturated heterocycles. The number of carboxylic acids is 2. The first kappa shape index (κ1) is 11.1. The quantitative estimate of drug-likeness (QED) is 0.831. The van der Waals surface area contributed by atoms with Crippen LogP contribution in [0.25, 0.3) is 10.8 Å². The Balaban J connectivity index is 2.99. The Morgan fingerprint density at radius 2 is 1.71 bits per heavy atom. The van der Waals surface area contributed by atoms with Gasteiger partial charge in [-0.05, 0) is 23.9 Å². The fraction of sp³-hybridized carbons (Fsp3) is 0.0769. The summed E-state index contributed by atoms with van der Waals surface area (Å²) in [7, 11) is 0. The molecule has 0 spiro atoms. The Labute approximate surface area is 97.1 Å². The summed E-state index contributed by atoms with van der Waals surface area (Å²) in [6, 6.07) is 8.12. The van der Waals surface area contributed by atoms with E-state index in [0.717, 1.165) is 0 Å². The van der Waals surface area contributed by atoms with E-state index < -0.39 is 11.9 Å². The van der Waals surface area contributed by atoms with Crippen molar-refractivity contribution in [3.05, 3.63) is 47.0 Å². The van der Waals surface area contributed by atoms with Gasteiger partial charge in [-0.2, -0.15) is 0 Å². The number of hydrogen-bond acceptors (Lipinski definition) is 2. The highest BCUT2D eigenvalue weighted by molar-refractivity contribution is 6.13. The highest BCUT2D eigenvalue weighted by atomic mass is 16.4. The number of fused-ring (bicyclic) bond motifs is 1. The zero-order chi connectivity index (χ0) is 12.6. The van der Waals surface area contributed by atoms with Crippen LogP contribution in [0.5, 0.6) is 0 Å². The van der Waals surface area contributed by atoms with E-state index in [0.29, 0.717) is 10.9 Å². The molecule has 2 aromatic rings. The molecular formula is C13H10O4. The molecule has 0 unspecified atom stereocenters. The number of aryl methyl sites for hydroxylation is 1. The van der Waals surface area contributed by atoms with Gasteiger partial charge >= 0.3 is 11.9 Å². The Morgan fingerprint density at radius 1 is 1.00 bits per heavy atom. The summed E-state index contributed by atoms with van der Waals surface area (Å²) in [6.45, 7) is 1.65. The molecule has 0 aliphatic carbocycles. The van der Waals surface area contributed by atoms with Crippen molar-refractivity contribution in [3.8, 4) is 0 Å². The van der Waals surface area contributed by atoms with Crippen LogP contribution in [0.3, 0.4) is 0 Å². The lowest BCUT2D eigenvalue weighted by Crippen LogP contribution is -2.06. The largest absolute Gasteiger partial charge is 0.478 e. The minimum Gasteiger partial charge on any atom is -0.478 e. The smallest absolute Gasteiger partial charge is 0.336 e. The second-order valence-corrected chi connectivity index (χ2v) is 3.77. The molecular weight excluding hydrogens is 220 g/mol. The van der Waals surface area contributed by atoms with Gasteiger partial charge in [0.15, 0.2) is 0 Å². The average molecular weight is 230 g/mol. The molecule has 17 heavy (non-hydrogen) atoms. The van der Waals surface area contributed by atoms with Crippen LogP contribution in [0.4, 0.5) is 0 Å². The highest BCUT2D eigenvalue weighted by Gasteiger charge is 2.17. The molecule has 0 aliphatic heterocycles. The Kier molecular flexibility index (Phi) is 2.55. The predicted molar refractivity (Wildman–Crippen MR) is 62.6 cm³/mol. The molecule has 0 saturated carbocycles. The lowest BCUT2D eigenvalue weighted by molar-refractivity contribution is 0.0695. The lowest BCUT2D eigenvalue weighted by atomic mass is 9.95. The third-order valence-electron chi connectivity index (χ3n) is 2.70. The molecule has 0 bridgehead atoms. The zero-order valence-corrected chi connectivity index (χ0v) is 9.10. The SMILES string of the molecule is Cc1ccc2cccc(C(=O)O)c2c1C(=O)O. The van der Waals surface area contributed by atoms with Crippen LogP contribution in [0.2, 0.25) is 0 Å². The molecule has 0 aromatic heterocycles. The number of aromatic carboxylic acids is 2. The van der Waals surface area contributed by atoms with Crippen molar-refractivity contribution >= 4 is 22.7 Å². The van der Waals surface area contributed by atoms with Crippen molar-refractivity contribution in [1.82, 2.24) is 0 Å². The van der Waals surface area contributed by atoms with Gasteiger partial charge in [0.25, 0.3) is 0 Å². The van der Waals surface area contributed by atoms with E-state index >= 15 is 0 Å². The third kappa shape index (κ3) is 1.73. The van der Waals surface area contributed by atoms with Gasteiger partial charge in [0.1, 0.15) is 0 Å². The third-order valence-corrected chi connectivity index (χ3v) is 2.70. The Bertz CT molecular complexity index is 629. The van der Waals surface area contributed by atoms with Crippen molar-refractivity contribution in [3.63, 3.8) is 0 Å². The number of hydrogen-bond donors (Lipinski definition) is 2. The summed E-state index contributed by atoms with van der Waals surface area (Å²) in [5.41, 5.74) is 0.628. The second kappa shape index (κ2) is 3.90. The molecule has 0 radical (unpaired) electrons. The maximum atomic E-state index is 11.2. The molecule has 0 aliphatic rings. The van der Waals surface area contributed by atoms with E-state index in [4.69, 9.17) is 5.11 Å². The van der Waals surface area contributed by atoms with Gasteiger partial charge in [-0.25, -0.2) is 9.59 Å². The van der Waals surface area contributed by atoms with E-state index in [-0.39, 0.29) is 16.5 Å². The molecule has 4 heteroatoms. The predicted octanol–water partition coefficient (Wildman–Crippen LogP) is 2.54. The van der Waals surface area contributed by atoms with Crippen LogP contribution < -0.4 is 0 Å². The lowest BCUT2D eigenvalue weighted by Gasteiger charge is -2.08. The second-order valence-electron chi connectivity index (χ2n) is 3.77. The Morgan fingerprint density at radius 3 is 2.29 bits per heavy atom. The fourth-order valence-electron chi connectivity index (χ4n) is 1.94. The molecule has 0 amide bonds. The number of carboxylic acid groups (broad SMARTS) is 2. The van der Waals surface area contributed by atoms with Crippen LogP contribution in [0.15, 0.2) is 30.3 Å². The van der Waals surface area contributed by atoms with Gasteiger partial charge in [-0.1, -0.05) is 24.3 Å². The number of benzene rings is 2. The van der Waals surface area contributed by atoms with Crippen LogP contribution >= 0.6 is 0 Å². The molecule has 86 valence electrons. The molecule has 0 atom stereocenters. The van der Waals surface area contributed by atoms with Gasteiger partial charge in [-0.15, -0.1) is 0 Å². The van der Waals surface area contributed by atoms with Gasteiger partial charge in [-0.3, -0.25) is 0 Å². The van der Waals surface area contributed by atoms with Crippen LogP contribution in [-0.4, -0.2) is 22.2 Å². The van der Waals surface area contributed by atoms with Gasteiger partial charge in [0.2, 0.25) is 0 Å². The van der Waals surface area contributed by atoms with E-state index in [1.807, 2.05) is 0 Å². The average Bonchev–Trinajstić information content (AvgIpc) is 2.27. The zero-order valence-electron chi connectivity index (χ0n) is 9.10. The Hall–Kier alpha value is -2.36. The van der Waals surface area contributed by atoms with Gasteiger partial charge < -0.3 is 10.2 Å². The summed E-state index contributed by atoms with van der Waals surface area (Å²) in [6.07, 6.45) is 0. The van der Waals surface area contributed by atoms with Crippen molar-refractivity contribution in [2.24, 2.45) is 0 Å². The first-order valence-electron chi connectivity index (χ1n) is 5.01. The fourth-order valence-corrected chi connectivity index (χ4v) is 1.94. The summed E-state index contributed by atoms with van der Waals surface area (Å²) >= 11 is 0. The first-order valence-corrected chi connectivity index (χ1v) is 5.01. The van der Waals surface area contributed by atoms with Crippen molar-refractivity contribution < 1.29 is 19.8 Å². The van der Waals surface area contributed by atoms with E-state index in [1.165, 1.54) is 6.07 Å². The number of carbonyl (C=O) groups is 2. The maximum Gasteiger partial charge on any atom is 0.336 e. The minimum absolute atomic E-state index is 0.0172. The molecule has 2 N–H and O–H groups in total. The van der Waals surface area contributed by atoms with Gasteiger partial charge in [0, 0.05) is 5.39 Å². The van der Waals surface area contributed by atoms with Crippen molar-refractivity contribution in [2.45, 2.75) is 6.92 Å². The maximum absolute atomic E-state index is 11.2. The van der Waals surface area contributed by atoms with Crippen LogP contribution in [-0.2, 0) is 0 Å². The van der Waals surface area contributed by atoms with E-state index in [1.54, 1.807) is 31.2 Å². The van der Waals surface area contributed by atoms with E-state index in [9.17, 15) is 14.7 Å². The molecule has 0 fully saturated rings. The molecule has 2 rings (SSSR count). The minimum atomic E-state index is -1.12. The summed E-state index contributed by atoms with van der Waals surface area (Å²) in [5.74, 6) is -2.23. The summed E-state index contributed by atoms with van der Waals surface area (Å²) in [4.78, 5) is 22.3. The molecule has 0 heterocycles. The summed E-state index contributed by atoms with van der Waals surface area (Å²) in [5, 5.41) is 19.2. The van der Waals surface area contributed by atoms with Gasteiger partial charge in [0.05, 0.1) is 11.1 Å². The molecule has 4 nitrogen and oxygen atoms in total. The van der Waals surface area contributed by atoms with E-state index in [2.05, 4.69) is 0 Å². The summed E-state index contributed by atoms with van der Waals surface area (Å²) < 4.78 is 0. The number of rotatable bonds is 2. The van der Waals surface area contributed by atoms with Crippen LogP contribution in [0.1, 0.15) is 26.3 Å². The van der Waals surface area contributed by atoms with Crippen molar-refractivity contribution in [1.29, 1.82) is 0 Å². The highest BCUT2D eigenvalue weighted by Crippen LogP contribution is 2.26. The normalized spacial score (nSPS) is 10.4. The molecule has 2 aromatic carbocycles. The van der Waals surface area contributed by atoms with Crippen molar-refractivity contribution in [2.75, 3.05) is 0 Å². The first-order chi connectivity index (χ1) is 8.02. The monoisotopic (exact) mass is 230 g/mol.